The summed E-state index contributed by atoms with van der Waals surface area (Å²) in [5.41, 5.74) is 1.11. The number of tetrazole rings is 1. The number of ketones is 1. The monoisotopic (exact) mass is 326 g/mol. The van der Waals surface area contributed by atoms with Crippen LogP contribution in [0.25, 0.3) is 5.65 Å². The summed E-state index contributed by atoms with van der Waals surface area (Å²) in [5, 5.41) is 15.6. The van der Waals surface area contributed by atoms with Crippen molar-refractivity contribution in [1.82, 2.24) is 25.3 Å². The number of hydrogen-bond donors (Lipinski definition) is 0. The molecule has 1 atom stereocenters. The van der Waals surface area contributed by atoms with Crippen molar-refractivity contribution in [2.45, 2.75) is 25.3 Å². The van der Waals surface area contributed by atoms with Crippen molar-refractivity contribution in [2.24, 2.45) is 0 Å². The first-order chi connectivity index (χ1) is 11.7. The average Bonchev–Trinajstić information content (AvgIpc) is 3.23. The lowest BCUT2D eigenvalue weighted by Crippen LogP contribution is -2.32. The second-order valence-corrected chi connectivity index (χ2v) is 5.84. The Balaban J connectivity index is 1.53. The van der Waals surface area contributed by atoms with Gasteiger partial charge in [0.25, 0.3) is 0 Å². The van der Waals surface area contributed by atoms with Gasteiger partial charge in [0.05, 0.1) is 0 Å². The van der Waals surface area contributed by atoms with E-state index in [2.05, 4.69) is 25.5 Å². The Hall–Kier alpha value is -2.90. The lowest BCUT2D eigenvalue weighted by atomic mass is 10.0. The third kappa shape index (κ3) is 2.70. The lowest BCUT2D eigenvalue weighted by Gasteiger charge is -2.24. The first-order valence-electron chi connectivity index (χ1n) is 7.81. The number of hydrogen-bond acceptors (Lipinski definition) is 6. The number of carbonyl (C=O) groups is 1. The van der Waals surface area contributed by atoms with Crippen LogP contribution in [0.2, 0.25) is 0 Å². The summed E-state index contributed by atoms with van der Waals surface area (Å²) < 4.78 is 14.4. The number of halogens is 1. The summed E-state index contributed by atoms with van der Waals surface area (Å²) in [5.74, 6) is 0.424. The number of benzene rings is 1. The van der Waals surface area contributed by atoms with Gasteiger partial charge in [0.1, 0.15) is 5.82 Å². The molecule has 4 rings (SSSR count). The summed E-state index contributed by atoms with van der Waals surface area (Å²) in [7, 11) is 0. The molecule has 0 spiro atoms. The van der Waals surface area contributed by atoms with Crippen molar-refractivity contribution in [2.75, 3.05) is 11.4 Å². The van der Waals surface area contributed by atoms with Crippen LogP contribution in [-0.4, -0.2) is 43.6 Å². The number of Topliss-reactive ketones (excluding diaryl/α,β-unsaturated/α-hetero) is 1. The fraction of sp³-hybridized carbons (Fsp3) is 0.312. The summed E-state index contributed by atoms with van der Waals surface area (Å²) in [6, 6.07) is 9.43. The highest BCUT2D eigenvalue weighted by Gasteiger charge is 2.28. The van der Waals surface area contributed by atoms with Gasteiger partial charge < -0.3 is 4.90 Å². The number of fused-ring (bicyclic) bond motifs is 1. The predicted octanol–water partition coefficient (Wildman–Crippen LogP) is 1.90. The van der Waals surface area contributed by atoms with Crippen LogP contribution in [0, 0.1) is 5.82 Å². The zero-order chi connectivity index (χ0) is 16.5. The van der Waals surface area contributed by atoms with Gasteiger partial charge in [-0.25, -0.2) is 4.39 Å². The highest BCUT2D eigenvalue weighted by atomic mass is 19.1. The lowest BCUT2D eigenvalue weighted by molar-refractivity contribution is 0.0974. The molecule has 3 aromatic rings. The number of aromatic nitrogens is 5. The van der Waals surface area contributed by atoms with Crippen LogP contribution in [0.15, 0.2) is 36.4 Å². The topological polar surface area (TPSA) is 76.3 Å². The molecule has 0 saturated carbocycles. The van der Waals surface area contributed by atoms with Gasteiger partial charge in [0.15, 0.2) is 17.2 Å². The molecular weight excluding hydrogens is 311 g/mol. The largest absolute Gasteiger partial charge is 0.352 e. The van der Waals surface area contributed by atoms with E-state index in [0.717, 1.165) is 25.2 Å². The van der Waals surface area contributed by atoms with Crippen LogP contribution >= 0.6 is 0 Å². The van der Waals surface area contributed by atoms with Crippen molar-refractivity contribution in [3.8, 4) is 0 Å². The molecule has 1 unspecified atom stereocenters. The molecule has 0 aliphatic carbocycles. The molecule has 122 valence electrons. The van der Waals surface area contributed by atoms with Crippen molar-refractivity contribution >= 4 is 17.2 Å². The summed E-state index contributed by atoms with van der Waals surface area (Å²) in [4.78, 5) is 14.6. The van der Waals surface area contributed by atoms with Crippen LogP contribution in [0.1, 0.15) is 29.6 Å². The zero-order valence-electron chi connectivity index (χ0n) is 12.8. The van der Waals surface area contributed by atoms with Crippen LogP contribution < -0.4 is 4.90 Å². The van der Waals surface area contributed by atoms with Gasteiger partial charge in [0, 0.05) is 24.6 Å². The molecular formula is C16H15FN6O. The van der Waals surface area contributed by atoms with Crippen LogP contribution in [-0.2, 0) is 0 Å². The molecule has 1 fully saturated rings. The highest BCUT2D eigenvalue weighted by molar-refractivity contribution is 5.96. The van der Waals surface area contributed by atoms with E-state index in [1.54, 1.807) is 6.07 Å². The maximum Gasteiger partial charge on any atom is 0.200 e. The summed E-state index contributed by atoms with van der Waals surface area (Å²) in [6.07, 6.45) is 2.29. The number of nitrogens with zero attached hydrogens (tertiary/aromatic N) is 6. The van der Waals surface area contributed by atoms with Gasteiger partial charge in [-0.2, -0.15) is 0 Å². The highest BCUT2D eigenvalue weighted by Crippen LogP contribution is 2.26. The fourth-order valence-corrected chi connectivity index (χ4v) is 3.11. The molecule has 1 aliphatic heterocycles. The van der Waals surface area contributed by atoms with Crippen molar-refractivity contribution in [1.29, 1.82) is 0 Å². The molecule has 8 heteroatoms. The molecule has 2 aromatic heterocycles. The van der Waals surface area contributed by atoms with Crippen LogP contribution in [0.3, 0.4) is 0 Å². The van der Waals surface area contributed by atoms with Crippen molar-refractivity contribution in [3.63, 3.8) is 0 Å². The molecule has 24 heavy (non-hydrogen) atoms. The molecule has 0 radical (unpaired) electrons. The standard InChI is InChI=1S/C16H15FN6O/c17-12-5-3-11(4-6-12)14(24)10-13-2-1-9-22(13)16-8-7-15-18-20-21-23(15)19-16/h3-8,13H,1-2,9-10H2. The molecule has 0 N–H and O–H groups in total. The van der Waals surface area contributed by atoms with E-state index in [0.29, 0.717) is 17.6 Å². The predicted molar refractivity (Wildman–Crippen MR) is 84.3 cm³/mol. The van der Waals surface area contributed by atoms with E-state index >= 15 is 0 Å². The van der Waals surface area contributed by atoms with Gasteiger partial charge in [-0.1, -0.05) is 0 Å². The number of carbonyl (C=O) groups excluding carboxylic acids is 1. The third-order valence-corrected chi connectivity index (χ3v) is 4.31. The Labute approximate surface area is 137 Å². The SMILES string of the molecule is O=C(CC1CCCN1c1ccc2nnnn2n1)c1ccc(F)cc1. The van der Waals surface area contributed by atoms with Gasteiger partial charge in [-0.15, -0.1) is 14.8 Å². The Kier molecular flexibility index (Phi) is 3.64. The Morgan fingerprint density at radius 3 is 2.88 bits per heavy atom. The smallest absolute Gasteiger partial charge is 0.200 e. The Morgan fingerprint density at radius 1 is 1.21 bits per heavy atom. The molecule has 7 nitrogen and oxygen atoms in total. The zero-order valence-corrected chi connectivity index (χ0v) is 12.8. The first-order valence-corrected chi connectivity index (χ1v) is 7.81. The molecule has 0 bridgehead atoms. The fourth-order valence-electron chi connectivity index (χ4n) is 3.11. The summed E-state index contributed by atoms with van der Waals surface area (Å²) in [6.45, 7) is 0.835. The van der Waals surface area contributed by atoms with Gasteiger partial charge >= 0.3 is 0 Å². The maximum atomic E-state index is 13.0. The molecule has 0 amide bonds. The second-order valence-electron chi connectivity index (χ2n) is 5.84. The van der Waals surface area contributed by atoms with Gasteiger partial charge in [-0.3, -0.25) is 4.79 Å². The number of rotatable bonds is 4. The van der Waals surface area contributed by atoms with E-state index < -0.39 is 0 Å². The van der Waals surface area contributed by atoms with E-state index in [-0.39, 0.29) is 17.6 Å². The van der Waals surface area contributed by atoms with E-state index in [9.17, 15) is 9.18 Å². The number of anilines is 1. The molecule has 1 saturated heterocycles. The normalized spacial score (nSPS) is 17.5. The minimum absolute atomic E-state index is 0.00963. The summed E-state index contributed by atoms with van der Waals surface area (Å²) >= 11 is 0. The Morgan fingerprint density at radius 2 is 2.04 bits per heavy atom. The van der Waals surface area contributed by atoms with E-state index in [1.165, 1.54) is 28.9 Å². The molecule has 1 aromatic carbocycles. The third-order valence-electron chi connectivity index (χ3n) is 4.31. The quantitative estimate of drug-likeness (QED) is 0.682. The van der Waals surface area contributed by atoms with Crippen molar-refractivity contribution in [3.05, 3.63) is 47.8 Å². The van der Waals surface area contributed by atoms with E-state index in [1.807, 2.05) is 6.07 Å². The minimum Gasteiger partial charge on any atom is -0.352 e. The average molecular weight is 326 g/mol. The van der Waals surface area contributed by atoms with E-state index in [4.69, 9.17) is 0 Å². The van der Waals surface area contributed by atoms with Gasteiger partial charge in [-0.05, 0) is 59.7 Å². The Bertz CT molecular complexity index is 878. The van der Waals surface area contributed by atoms with Crippen LogP contribution in [0.4, 0.5) is 10.2 Å². The maximum absolute atomic E-state index is 13.0. The van der Waals surface area contributed by atoms with Crippen molar-refractivity contribution < 1.29 is 9.18 Å². The van der Waals surface area contributed by atoms with Crippen LogP contribution in [0.5, 0.6) is 0 Å². The second kappa shape index (κ2) is 5.95. The first kappa shape index (κ1) is 14.7. The minimum atomic E-state index is -0.340. The van der Waals surface area contributed by atoms with Gasteiger partial charge in [0.2, 0.25) is 0 Å². The molecule has 3 heterocycles. The molecule has 1 aliphatic rings.